The molecule has 3 aromatic rings. The minimum Gasteiger partial charge on any atom is -0.352 e. The number of hydrogen-bond acceptors (Lipinski definition) is 8. The van der Waals surface area contributed by atoms with Gasteiger partial charge in [0.25, 0.3) is 5.91 Å². The summed E-state index contributed by atoms with van der Waals surface area (Å²) in [4.78, 5) is 24.1. The Morgan fingerprint density at radius 2 is 1.78 bits per heavy atom. The molecule has 2 heterocycles. The third-order valence-corrected chi connectivity index (χ3v) is 5.32. The largest absolute Gasteiger partial charge is 0.352 e. The van der Waals surface area contributed by atoms with Crippen LogP contribution in [0.1, 0.15) is 37.4 Å². The number of rotatable bonds is 7. The van der Waals surface area contributed by atoms with E-state index in [4.69, 9.17) is 0 Å². The fourth-order valence-electron chi connectivity index (χ4n) is 2.16. The maximum Gasteiger partial charge on any atom is 0.288 e. The lowest BCUT2D eigenvalue weighted by atomic mass is 10.1. The Morgan fingerprint density at radius 1 is 1.00 bits per heavy atom. The van der Waals surface area contributed by atoms with Crippen LogP contribution < -0.4 is 10.6 Å². The smallest absolute Gasteiger partial charge is 0.288 e. The zero-order chi connectivity index (χ0) is 19.2. The number of carbonyl (C=O) groups is 2. The summed E-state index contributed by atoms with van der Waals surface area (Å²) < 4.78 is 0. The average molecular weight is 403 g/mol. The molecule has 0 spiro atoms. The topological polar surface area (TPSA) is 110 Å². The number of aryl methyl sites for hydroxylation is 3. The molecule has 0 aliphatic carbocycles. The summed E-state index contributed by atoms with van der Waals surface area (Å²) in [6.45, 7) is 4.32. The first-order valence-corrected chi connectivity index (χ1v) is 9.89. The SMILES string of the molecule is Cc1ccc(CNC(=O)CCc2nnc(C(=O)Nc3nnc(C)s3)s2)cc1. The van der Waals surface area contributed by atoms with E-state index in [9.17, 15) is 9.59 Å². The van der Waals surface area contributed by atoms with Crippen LogP contribution in [-0.4, -0.2) is 32.2 Å². The molecule has 27 heavy (non-hydrogen) atoms. The molecular weight excluding hydrogens is 384 g/mol. The van der Waals surface area contributed by atoms with Crippen LogP contribution in [0.25, 0.3) is 0 Å². The molecule has 1 aromatic carbocycles. The second-order valence-electron chi connectivity index (χ2n) is 5.84. The van der Waals surface area contributed by atoms with Gasteiger partial charge in [-0.05, 0) is 19.4 Å². The second-order valence-corrected chi connectivity index (χ2v) is 8.09. The van der Waals surface area contributed by atoms with Crippen molar-refractivity contribution in [3.8, 4) is 0 Å². The Balaban J connectivity index is 1.45. The van der Waals surface area contributed by atoms with Crippen molar-refractivity contribution < 1.29 is 9.59 Å². The molecule has 2 N–H and O–H groups in total. The number of benzene rings is 1. The van der Waals surface area contributed by atoms with Crippen molar-refractivity contribution >= 4 is 39.6 Å². The van der Waals surface area contributed by atoms with E-state index in [1.54, 1.807) is 6.92 Å². The second kappa shape index (κ2) is 8.78. The molecule has 0 saturated heterocycles. The first kappa shape index (κ1) is 19.1. The minimum atomic E-state index is -0.376. The van der Waals surface area contributed by atoms with E-state index in [1.807, 2.05) is 31.2 Å². The minimum absolute atomic E-state index is 0.0684. The molecule has 8 nitrogen and oxygen atoms in total. The van der Waals surface area contributed by atoms with Crippen molar-refractivity contribution in [2.45, 2.75) is 33.2 Å². The van der Waals surface area contributed by atoms with Crippen molar-refractivity contribution in [2.75, 3.05) is 5.32 Å². The number of anilines is 1. The first-order valence-electron chi connectivity index (χ1n) is 8.25. The molecule has 0 atom stereocenters. The van der Waals surface area contributed by atoms with Gasteiger partial charge in [-0.1, -0.05) is 52.5 Å². The Hall–Kier alpha value is -2.72. The van der Waals surface area contributed by atoms with Gasteiger partial charge in [-0.15, -0.1) is 20.4 Å². The molecule has 2 amide bonds. The summed E-state index contributed by atoms with van der Waals surface area (Å²) in [5, 5.41) is 23.1. The van der Waals surface area contributed by atoms with Crippen molar-refractivity contribution in [1.82, 2.24) is 25.7 Å². The van der Waals surface area contributed by atoms with Crippen LogP contribution in [0, 0.1) is 13.8 Å². The van der Waals surface area contributed by atoms with E-state index in [0.717, 1.165) is 10.6 Å². The van der Waals surface area contributed by atoms with E-state index in [-0.39, 0.29) is 23.2 Å². The molecule has 0 fully saturated rings. The predicted octanol–water partition coefficient (Wildman–Crippen LogP) is 2.51. The molecule has 0 aliphatic rings. The number of hydrogen-bond donors (Lipinski definition) is 2. The highest BCUT2D eigenvalue weighted by Crippen LogP contribution is 2.17. The van der Waals surface area contributed by atoms with Crippen molar-refractivity contribution in [3.63, 3.8) is 0 Å². The monoisotopic (exact) mass is 402 g/mol. The fraction of sp³-hybridized carbons (Fsp3) is 0.294. The highest BCUT2D eigenvalue weighted by atomic mass is 32.1. The normalized spacial score (nSPS) is 10.6. The summed E-state index contributed by atoms with van der Waals surface area (Å²) in [6, 6.07) is 8.01. The van der Waals surface area contributed by atoms with Crippen LogP contribution in [0.3, 0.4) is 0 Å². The number of nitrogens with one attached hydrogen (secondary N) is 2. The van der Waals surface area contributed by atoms with Gasteiger partial charge in [-0.25, -0.2) is 0 Å². The Bertz CT molecular complexity index is 935. The summed E-state index contributed by atoms with van der Waals surface area (Å²) in [7, 11) is 0. The number of aromatic nitrogens is 4. The first-order chi connectivity index (χ1) is 13.0. The Kier molecular flexibility index (Phi) is 6.20. The molecular formula is C17H18N6O2S2. The number of nitrogens with zero attached hydrogens (tertiary/aromatic N) is 4. The summed E-state index contributed by atoms with van der Waals surface area (Å²) >= 11 is 2.45. The van der Waals surface area contributed by atoms with Crippen LogP contribution in [0.2, 0.25) is 0 Å². The van der Waals surface area contributed by atoms with Gasteiger partial charge in [-0.3, -0.25) is 14.9 Å². The predicted molar refractivity (Wildman–Crippen MR) is 104 cm³/mol. The standard InChI is InChI=1S/C17H18N6O2S2/c1-10-3-5-12(6-4-10)9-18-13(24)7-8-14-21-22-16(27-14)15(25)19-17-23-20-11(2)26-17/h3-6H,7-9H2,1-2H3,(H,18,24)(H,19,23,25). The van der Waals surface area contributed by atoms with Gasteiger partial charge < -0.3 is 5.32 Å². The molecule has 2 aromatic heterocycles. The summed E-state index contributed by atoms with van der Waals surface area (Å²) in [5.41, 5.74) is 2.23. The van der Waals surface area contributed by atoms with Crippen LogP contribution in [0.15, 0.2) is 24.3 Å². The van der Waals surface area contributed by atoms with E-state index in [0.29, 0.717) is 23.1 Å². The molecule has 0 radical (unpaired) electrons. The number of amides is 2. The lowest BCUT2D eigenvalue weighted by Crippen LogP contribution is -2.22. The quantitative estimate of drug-likeness (QED) is 0.628. The maximum atomic E-state index is 12.1. The zero-order valence-electron chi connectivity index (χ0n) is 14.9. The van der Waals surface area contributed by atoms with Crippen LogP contribution >= 0.6 is 22.7 Å². The molecule has 0 saturated carbocycles. The van der Waals surface area contributed by atoms with E-state index >= 15 is 0 Å². The molecule has 10 heteroatoms. The molecule has 0 aliphatic heterocycles. The third kappa shape index (κ3) is 5.63. The lowest BCUT2D eigenvalue weighted by molar-refractivity contribution is -0.121. The van der Waals surface area contributed by atoms with Gasteiger partial charge in [0.1, 0.15) is 10.0 Å². The van der Waals surface area contributed by atoms with E-state index in [1.165, 1.54) is 28.2 Å². The van der Waals surface area contributed by atoms with E-state index in [2.05, 4.69) is 31.0 Å². The average Bonchev–Trinajstić information content (AvgIpc) is 3.28. The Labute approximate surface area is 164 Å². The van der Waals surface area contributed by atoms with Gasteiger partial charge in [0.05, 0.1) is 0 Å². The van der Waals surface area contributed by atoms with Crippen LogP contribution in [-0.2, 0) is 17.8 Å². The summed E-state index contributed by atoms with van der Waals surface area (Å²) in [6.07, 6.45) is 0.723. The molecule has 0 bridgehead atoms. The summed E-state index contributed by atoms with van der Waals surface area (Å²) in [5.74, 6) is -0.445. The van der Waals surface area contributed by atoms with Crippen LogP contribution in [0.5, 0.6) is 0 Å². The van der Waals surface area contributed by atoms with Gasteiger partial charge in [-0.2, -0.15) is 0 Å². The molecule has 140 valence electrons. The maximum absolute atomic E-state index is 12.1. The zero-order valence-corrected chi connectivity index (χ0v) is 16.5. The van der Waals surface area contributed by atoms with Crippen molar-refractivity contribution in [2.24, 2.45) is 0 Å². The molecule has 3 rings (SSSR count). The van der Waals surface area contributed by atoms with E-state index < -0.39 is 0 Å². The molecule has 0 unspecified atom stereocenters. The van der Waals surface area contributed by atoms with Gasteiger partial charge in [0, 0.05) is 19.4 Å². The highest BCUT2D eigenvalue weighted by Gasteiger charge is 2.15. The lowest BCUT2D eigenvalue weighted by Gasteiger charge is -2.04. The van der Waals surface area contributed by atoms with Gasteiger partial charge in [0.15, 0.2) is 0 Å². The van der Waals surface area contributed by atoms with Crippen molar-refractivity contribution in [3.05, 3.63) is 50.4 Å². The van der Waals surface area contributed by atoms with Crippen LogP contribution in [0.4, 0.5) is 5.13 Å². The number of carbonyl (C=O) groups excluding carboxylic acids is 2. The van der Waals surface area contributed by atoms with Gasteiger partial charge >= 0.3 is 0 Å². The highest BCUT2D eigenvalue weighted by molar-refractivity contribution is 7.15. The van der Waals surface area contributed by atoms with Gasteiger partial charge in [0.2, 0.25) is 16.0 Å². The van der Waals surface area contributed by atoms with Crippen molar-refractivity contribution in [1.29, 1.82) is 0 Å². The fourth-order valence-corrected chi connectivity index (χ4v) is 3.48. The Morgan fingerprint density at radius 3 is 2.48 bits per heavy atom. The third-order valence-electron chi connectivity index (χ3n) is 3.58.